The summed E-state index contributed by atoms with van der Waals surface area (Å²) < 4.78 is 11.0. The molecule has 1 aliphatic carbocycles. The second kappa shape index (κ2) is 13.3. The van der Waals surface area contributed by atoms with E-state index in [1.165, 1.54) is 30.4 Å². The minimum absolute atomic E-state index is 0.0114. The van der Waals surface area contributed by atoms with Gasteiger partial charge in [-0.3, -0.25) is 4.79 Å². The molecule has 2 aromatic carbocycles. The van der Waals surface area contributed by atoms with Crippen molar-refractivity contribution in [3.05, 3.63) is 59.7 Å². The van der Waals surface area contributed by atoms with Gasteiger partial charge in [0.15, 0.2) is 0 Å². The molecule has 184 valence electrons. The normalized spacial score (nSPS) is 15.0. The van der Waals surface area contributed by atoms with Crippen LogP contribution in [0.1, 0.15) is 102 Å². The Balaban J connectivity index is 1.50. The molecule has 1 fully saturated rings. The average Bonchev–Trinajstić information content (AvgIpc) is 2.86. The lowest BCUT2D eigenvalue weighted by Gasteiger charge is -2.38. The third-order valence-electron chi connectivity index (χ3n) is 7.15. The molecule has 1 aliphatic rings. The standard InChI is InChI=1S/C30H40O4/c1-24(31)12-8-5-3-4-6-9-13-29(32)34-28-20-16-26(17-21-28)30(22-10-7-11-23-30)25-14-18-27(33-2)19-15-25/h14-21H,3-13,22-23H2,1-2H3. The molecule has 0 unspecified atom stereocenters. The van der Waals surface area contributed by atoms with Gasteiger partial charge in [0.05, 0.1) is 7.11 Å². The molecule has 4 heteroatoms. The first-order chi connectivity index (χ1) is 16.5. The summed E-state index contributed by atoms with van der Waals surface area (Å²) in [5.74, 6) is 1.61. The Morgan fingerprint density at radius 1 is 0.706 bits per heavy atom. The zero-order chi connectivity index (χ0) is 24.2. The molecule has 0 spiro atoms. The van der Waals surface area contributed by atoms with Crippen molar-refractivity contribution >= 4 is 11.8 Å². The molecule has 4 nitrogen and oxygen atoms in total. The number of hydrogen-bond acceptors (Lipinski definition) is 4. The second-order valence-electron chi connectivity index (χ2n) is 9.69. The van der Waals surface area contributed by atoms with Gasteiger partial charge >= 0.3 is 5.97 Å². The summed E-state index contributed by atoms with van der Waals surface area (Å²) in [6.07, 6.45) is 13.3. The number of carbonyl (C=O) groups is 2. The summed E-state index contributed by atoms with van der Waals surface area (Å²) >= 11 is 0. The smallest absolute Gasteiger partial charge is 0.311 e. The zero-order valence-corrected chi connectivity index (χ0v) is 20.9. The minimum atomic E-state index is -0.160. The zero-order valence-electron chi connectivity index (χ0n) is 20.9. The molecule has 0 saturated heterocycles. The molecule has 0 amide bonds. The van der Waals surface area contributed by atoms with Crippen molar-refractivity contribution < 1.29 is 19.1 Å². The fourth-order valence-electron chi connectivity index (χ4n) is 5.18. The van der Waals surface area contributed by atoms with Crippen LogP contribution >= 0.6 is 0 Å². The minimum Gasteiger partial charge on any atom is -0.497 e. The van der Waals surface area contributed by atoms with E-state index in [0.29, 0.717) is 18.6 Å². The largest absolute Gasteiger partial charge is 0.497 e. The van der Waals surface area contributed by atoms with Gasteiger partial charge in [-0.1, -0.05) is 69.2 Å². The number of ether oxygens (including phenoxy) is 2. The summed E-state index contributed by atoms with van der Waals surface area (Å²) in [6.45, 7) is 1.65. The number of benzene rings is 2. The number of ketones is 1. The van der Waals surface area contributed by atoms with Crippen molar-refractivity contribution in [2.24, 2.45) is 0 Å². The van der Waals surface area contributed by atoms with Gasteiger partial charge in [-0.15, -0.1) is 0 Å². The highest BCUT2D eigenvalue weighted by molar-refractivity contribution is 5.75. The van der Waals surface area contributed by atoms with Crippen molar-refractivity contribution in [3.8, 4) is 11.5 Å². The van der Waals surface area contributed by atoms with Crippen LogP contribution in [0.15, 0.2) is 48.5 Å². The Morgan fingerprint density at radius 2 is 1.21 bits per heavy atom. The maximum Gasteiger partial charge on any atom is 0.311 e. The molecule has 34 heavy (non-hydrogen) atoms. The lowest BCUT2D eigenvalue weighted by molar-refractivity contribution is -0.134. The topological polar surface area (TPSA) is 52.6 Å². The molecular weight excluding hydrogens is 424 g/mol. The average molecular weight is 465 g/mol. The van der Waals surface area contributed by atoms with Gasteiger partial charge in [-0.25, -0.2) is 0 Å². The summed E-state index contributed by atoms with van der Waals surface area (Å²) in [7, 11) is 1.70. The van der Waals surface area contributed by atoms with Crippen molar-refractivity contribution in [2.45, 2.75) is 95.8 Å². The fraction of sp³-hybridized carbons (Fsp3) is 0.533. The van der Waals surface area contributed by atoms with Gasteiger partial charge in [-0.05, 0) is 68.0 Å². The van der Waals surface area contributed by atoms with E-state index in [0.717, 1.165) is 57.1 Å². The summed E-state index contributed by atoms with van der Waals surface area (Å²) in [6, 6.07) is 16.7. The molecule has 1 saturated carbocycles. The molecule has 0 N–H and O–H groups in total. The Morgan fingerprint density at radius 3 is 1.74 bits per heavy atom. The molecule has 0 radical (unpaired) electrons. The SMILES string of the molecule is COc1ccc(C2(c3ccc(OC(=O)CCCCCCCCC(C)=O)cc3)CCCCC2)cc1. The highest BCUT2D eigenvalue weighted by Crippen LogP contribution is 2.45. The number of rotatable bonds is 13. The Labute approximate surface area is 205 Å². The quantitative estimate of drug-likeness (QED) is 0.174. The highest BCUT2D eigenvalue weighted by Gasteiger charge is 2.35. The first kappa shape index (κ1) is 26.0. The molecule has 0 aliphatic heterocycles. The molecule has 0 atom stereocenters. The van der Waals surface area contributed by atoms with Crippen LogP contribution in [0, 0.1) is 0 Å². The van der Waals surface area contributed by atoms with Crippen LogP contribution in [0.2, 0.25) is 0 Å². The van der Waals surface area contributed by atoms with Crippen molar-refractivity contribution in [3.63, 3.8) is 0 Å². The van der Waals surface area contributed by atoms with Crippen LogP contribution in [0.5, 0.6) is 11.5 Å². The predicted octanol–water partition coefficient (Wildman–Crippen LogP) is 7.56. The van der Waals surface area contributed by atoms with Gasteiger partial charge in [0.2, 0.25) is 0 Å². The number of Topliss-reactive ketones (excluding diaryl/α,β-unsaturated/α-hetero) is 1. The highest BCUT2D eigenvalue weighted by atomic mass is 16.5. The third-order valence-corrected chi connectivity index (χ3v) is 7.15. The van der Waals surface area contributed by atoms with Crippen molar-refractivity contribution in [1.29, 1.82) is 0 Å². The Bertz CT molecular complexity index is 892. The Kier molecular flexibility index (Phi) is 10.2. The lowest BCUT2D eigenvalue weighted by atomic mass is 9.65. The summed E-state index contributed by atoms with van der Waals surface area (Å²) in [5, 5.41) is 0. The van der Waals surface area contributed by atoms with Crippen molar-refractivity contribution in [1.82, 2.24) is 0 Å². The van der Waals surface area contributed by atoms with E-state index in [-0.39, 0.29) is 17.2 Å². The van der Waals surface area contributed by atoms with E-state index in [2.05, 4.69) is 24.3 Å². The van der Waals surface area contributed by atoms with E-state index in [4.69, 9.17) is 9.47 Å². The van der Waals surface area contributed by atoms with E-state index in [1.807, 2.05) is 24.3 Å². The van der Waals surface area contributed by atoms with Gasteiger partial charge in [-0.2, -0.15) is 0 Å². The second-order valence-corrected chi connectivity index (χ2v) is 9.69. The number of hydrogen-bond donors (Lipinski definition) is 0. The molecule has 0 bridgehead atoms. The van der Waals surface area contributed by atoms with Gasteiger partial charge in [0.1, 0.15) is 17.3 Å². The van der Waals surface area contributed by atoms with Gasteiger partial charge < -0.3 is 14.3 Å². The maximum atomic E-state index is 12.3. The van der Waals surface area contributed by atoms with Crippen molar-refractivity contribution in [2.75, 3.05) is 7.11 Å². The first-order valence-corrected chi connectivity index (χ1v) is 13.0. The predicted molar refractivity (Wildman–Crippen MR) is 137 cm³/mol. The van der Waals surface area contributed by atoms with E-state index in [9.17, 15) is 9.59 Å². The van der Waals surface area contributed by atoms with Crippen LogP contribution in [-0.4, -0.2) is 18.9 Å². The van der Waals surface area contributed by atoms with E-state index >= 15 is 0 Å². The van der Waals surface area contributed by atoms with Crippen LogP contribution in [0.25, 0.3) is 0 Å². The molecule has 3 rings (SSSR count). The third kappa shape index (κ3) is 7.44. The number of methoxy groups -OCH3 is 1. The lowest BCUT2D eigenvalue weighted by Crippen LogP contribution is -2.30. The van der Waals surface area contributed by atoms with Crippen LogP contribution in [0.4, 0.5) is 0 Å². The molecular formula is C30H40O4. The number of esters is 1. The molecule has 0 heterocycles. The first-order valence-electron chi connectivity index (χ1n) is 13.0. The molecule has 2 aromatic rings. The summed E-state index contributed by atoms with van der Waals surface area (Å²) in [4.78, 5) is 23.2. The van der Waals surface area contributed by atoms with Crippen LogP contribution in [0.3, 0.4) is 0 Å². The van der Waals surface area contributed by atoms with E-state index < -0.39 is 0 Å². The number of unbranched alkanes of at least 4 members (excludes halogenated alkanes) is 5. The van der Waals surface area contributed by atoms with Crippen LogP contribution < -0.4 is 9.47 Å². The van der Waals surface area contributed by atoms with Gasteiger partial charge in [0, 0.05) is 18.3 Å². The van der Waals surface area contributed by atoms with Gasteiger partial charge in [0.25, 0.3) is 0 Å². The van der Waals surface area contributed by atoms with Crippen LogP contribution in [-0.2, 0) is 15.0 Å². The Hall–Kier alpha value is -2.62. The monoisotopic (exact) mass is 464 g/mol. The maximum absolute atomic E-state index is 12.3. The number of carbonyl (C=O) groups excluding carboxylic acids is 2. The van der Waals surface area contributed by atoms with E-state index in [1.54, 1.807) is 14.0 Å². The fourth-order valence-corrected chi connectivity index (χ4v) is 5.18. The molecule has 0 aromatic heterocycles. The summed E-state index contributed by atoms with van der Waals surface area (Å²) in [5.41, 5.74) is 2.64.